The van der Waals surface area contributed by atoms with Crippen LogP contribution in [0, 0.1) is 5.82 Å². The maximum atomic E-state index is 13.0. The van der Waals surface area contributed by atoms with E-state index in [1.165, 1.54) is 24.3 Å². The van der Waals surface area contributed by atoms with Gasteiger partial charge in [-0.25, -0.2) is 9.18 Å². The van der Waals surface area contributed by atoms with Crippen molar-refractivity contribution >= 4 is 11.9 Å². The normalized spacial score (nSPS) is 14.9. The number of benzene rings is 2. The second kappa shape index (κ2) is 7.78. The molecule has 0 radical (unpaired) electrons. The van der Waals surface area contributed by atoms with E-state index in [1.807, 2.05) is 6.07 Å². The fourth-order valence-electron chi connectivity index (χ4n) is 2.49. The second-order valence-corrected chi connectivity index (χ2v) is 7.05. The van der Waals surface area contributed by atoms with Gasteiger partial charge in [0.15, 0.2) is 5.60 Å². The molecule has 1 fully saturated rings. The van der Waals surface area contributed by atoms with Crippen molar-refractivity contribution in [1.82, 2.24) is 5.32 Å². The van der Waals surface area contributed by atoms with Gasteiger partial charge in [-0.1, -0.05) is 30.3 Å². The lowest BCUT2D eigenvalue weighted by molar-refractivity contribution is -0.169. The Labute approximate surface area is 157 Å². The molecule has 0 bridgehead atoms. The number of nitrogens with one attached hydrogen (secondary N) is 1. The molecule has 0 aromatic heterocycles. The Morgan fingerprint density at radius 1 is 1.07 bits per heavy atom. The number of halogens is 1. The molecule has 1 amide bonds. The topological polar surface area (TPSA) is 64.6 Å². The fraction of sp³-hybridized carbons (Fsp3) is 0.333. The highest BCUT2D eigenvalue weighted by molar-refractivity contribution is 5.87. The van der Waals surface area contributed by atoms with E-state index in [1.54, 1.807) is 38.1 Å². The van der Waals surface area contributed by atoms with Gasteiger partial charge in [-0.2, -0.15) is 0 Å². The number of rotatable bonds is 7. The number of carbonyl (C=O) groups is 2. The molecule has 1 N–H and O–H groups in total. The van der Waals surface area contributed by atoms with Crippen molar-refractivity contribution in [2.75, 3.05) is 0 Å². The summed E-state index contributed by atoms with van der Waals surface area (Å²) in [7, 11) is 0. The van der Waals surface area contributed by atoms with Crippen molar-refractivity contribution in [2.24, 2.45) is 0 Å². The second-order valence-electron chi connectivity index (χ2n) is 7.05. The van der Waals surface area contributed by atoms with E-state index in [9.17, 15) is 14.0 Å². The SMILES string of the molecule is CC(C)(Oc1ccc(F)cc1)C(=O)O[C@@H](C(=O)NC1CC1)c1ccccc1. The molecule has 27 heavy (non-hydrogen) atoms. The molecule has 0 unspecified atom stereocenters. The molecule has 3 rings (SSSR count). The third-order valence-corrected chi connectivity index (χ3v) is 4.17. The first-order chi connectivity index (χ1) is 12.8. The maximum Gasteiger partial charge on any atom is 0.351 e. The van der Waals surface area contributed by atoms with Crippen LogP contribution < -0.4 is 10.1 Å². The number of ether oxygens (including phenoxy) is 2. The first-order valence-corrected chi connectivity index (χ1v) is 8.86. The summed E-state index contributed by atoms with van der Waals surface area (Å²) in [6, 6.07) is 14.3. The van der Waals surface area contributed by atoms with Crippen LogP contribution in [0.2, 0.25) is 0 Å². The van der Waals surface area contributed by atoms with Gasteiger partial charge < -0.3 is 14.8 Å². The van der Waals surface area contributed by atoms with Crippen molar-refractivity contribution in [3.05, 3.63) is 66.0 Å². The number of esters is 1. The summed E-state index contributed by atoms with van der Waals surface area (Å²) >= 11 is 0. The summed E-state index contributed by atoms with van der Waals surface area (Å²) in [6.07, 6.45) is 0.802. The highest BCUT2D eigenvalue weighted by Crippen LogP contribution is 2.26. The average molecular weight is 371 g/mol. The quantitative estimate of drug-likeness (QED) is 0.756. The van der Waals surface area contributed by atoms with E-state index in [4.69, 9.17) is 9.47 Å². The molecular weight excluding hydrogens is 349 g/mol. The largest absolute Gasteiger partial charge is 0.476 e. The lowest BCUT2D eigenvalue weighted by atomic mass is 10.1. The number of hydrogen-bond acceptors (Lipinski definition) is 4. The van der Waals surface area contributed by atoms with Crippen LogP contribution in [0.25, 0.3) is 0 Å². The molecule has 1 atom stereocenters. The average Bonchev–Trinajstić information content (AvgIpc) is 3.45. The molecule has 1 aliphatic rings. The lowest BCUT2D eigenvalue weighted by Crippen LogP contribution is -2.43. The van der Waals surface area contributed by atoms with E-state index in [0.717, 1.165) is 12.8 Å². The molecule has 0 aliphatic heterocycles. The molecule has 6 heteroatoms. The molecular formula is C21H22FNO4. The minimum Gasteiger partial charge on any atom is -0.476 e. The van der Waals surface area contributed by atoms with E-state index in [2.05, 4.69) is 5.32 Å². The lowest BCUT2D eigenvalue weighted by Gasteiger charge is -2.27. The summed E-state index contributed by atoms with van der Waals surface area (Å²) < 4.78 is 24.2. The van der Waals surface area contributed by atoms with Crippen LogP contribution in [0.4, 0.5) is 4.39 Å². The van der Waals surface area contributed by atoms with Crippen molar-refractivity contribution in [1.29, 1.82) is 0 Å². The zero-order chi connectivity index (χ0) is 19.4. The van der Waals surface area contributed by atoms with Crippen LogP contribution in [0.5, 0.6) is 5.75 Å². The standard InChI is InChI=1S/C21H22FNO4/c1-21(2,27-17-12-8-15(22)9-13-17)20(25)26-18(14-6-4-3-5-7-14)19(24)23-16-10-11-16/h3-9,12-13,16,18H,10-11H2,1-2H3,(H,23,24)/t18-/m1/s1. The van der Waals surface area contributed by atoms with Gasteiger partial charge in [0.25, 0.3) is 5.91 Å². The molecule has 2 aromatic rings. The zero-order valence-corrected chi connectivity index (χ0v) is 15.3. The molecule has 2 aromatic carbocycles. The Bertz CT molecular complexity index is 801. The van der Waals surface area contributed by atoms with Crippen LogP contribution in [-0.4, -0.2) is 23.5 Å². The molecule has 0 spiro atoms. The molecule has 0 heterocycles. The zero-order valence-electron chi connectivity index (χ0n) is 15.3. The Morgan fingerprint density at radius 2 is 1.70 bits per heavy atom. The minimum atomic E-state index is -1.36. The van der Waals surface area contributed by atoms with Gasteiger partial charge in [-0.15, -0.1) is 0 Å². The number of carbonyl (C=O) groups excluding carboxylic acids is 2. The number of amides is 1. The van der Waals surface area contributed by atoms with E-state index >= 15 is 0 Å². The monoisotopic (exact) mass is 371 g/mol. The minimum absolute atomic E-state index is 0.144. The molecule has 142 valence electrons. The Hall–Kier alpha value is -2.89. The first kappa shape index (κ1) is 18.9. The van der Waals surface area contributed by atoms with Crippen molar-refractivity contribution in [3.63, 3.8) is 0 Å². The van der Waals surface area contributed by atoms with Gasteiger partial charge in [0.1, 0.15) is 11.6 Å². The van der Waals surface area contributed by atoms with Crippen LogP contribution in [0.3, 0.4) is 0 Å². The van der Waals surface area contributed by atoms with Crippen LogP contribution in [-0.2, 0) is 14.3 Å². The number of hydrogen-bond donors (Lipinski definition) is 1. The van der Waals surface area contributed by atoms with Gasteiger partial charge in [0, 0.05) is 11.6 Å². The van der Waals surface area contributed by atoms with Gasteiger partial charge >= 0.3 is 5.97 Å². The smallest absolute Gasteiger partial charge is 0.351 e. The van der Waals surface area contributed by atoms with Crippen molar-refractivity contribution in [2.45, 2.75) is 44.4 Å². The van der Waals surface area contributed by atoms with Gasteiger partial charge in [-0.05, 0) is 51.0 Å². The molecule has 1 saturated carbocycles. The third-order valence-electron chi connectivity index (χ3n) is 4.17. The van der Waals surface area contributed by atoms with Crippen molar-refractivity contribution < 1.29 is 23.5 Å². The maximum absolute atomic E-state index is 13.0. The van der Waals surface area contributed by atoms with Gasteiger partial charge in [0.05, 0.1) is 0 Å². The Morgan fingerprint density at radius 3 is 2.30 bits per heavy atom. The summed E-state index contributed by atoms with van der Waals surface area (Å²) in [5.41, 5.74) is -0.772. The Kier molecular flexibility index (Phi) is 5.44. The highest BCUT2D eigenvalue weighted by Gasteiger charge is 2.37. The van der Waals surface area contributed by atoms with Gasteiger partial charge in [0.2, 0.25) is 6.10 Å². The summed E-state index contributed by atoms with van der Waals surface area (Å²) in [6.45, 7) is 3.08. The predicted molar refractivity (Wildman–Crippen MR) is 97.5 cm³/mol. The van der Waals surface area contributed by atoms with E-state index in [-0.39, 0.29) is 11.9 Å². The third kappa shape index (κ3) is 5.06. The summed E-state index contributed by atoms with van der Waals surface area (Å²) in [4.78, 5) is 25.3. The van der Waals surface area contributed by atoms with Gasteiger partial charge in [-0.3, -0.25) is 4.79 Å². The van der Waals surface area contributed by atoms with Crippen LogP contribution in [0.1, 0.15) is 38.4 Å². The summed E-state index contributed by atoms with van der Waals surface area (Å²) in [5, 5.41) is 2.87. The highest BCUT2D eigenvalue weighted by atomic mass is 19.1. The van der Waals surface area contributed by atoms with E-state index < -0.39 is 23.5 Å². The van der Waals surface area contributed by atoms with E-state index in [0.29, 0.717) is 11.3 Å². The van der Waals surface area contributed by atoms with Crippen LogP contribution in [0.15, 0.2) is 54.6 Å². The van der Waals surface area contributed by atoms with Crippen LogP contribution >= 0.6 is 0 Å². The molecule has 0 saturated heterocycles. The summed E-state index contributed by atoms with van der Waals surface area (Å²) in [5.74, 6) is -1.11. The molecule has 1 aliphatic carbocycles. The Balaban J connectivity index is 1.73. The van der Waals surface area contributed by atoms with Crippen molar-refractivity contribution in [3.8, 4) is 5.75 Å². The molecule has 5 nitrogen and oxygen atoms in total. The first-order valence-electron chi connectivity index (χ1n) is 8.86. The predicted octanol–water partition coefficient (Wildman–Crippen LogP) is 3.55. The fourth-order valence-corrected chi connectivity index (χ4v) is 2.49.